The van der Waals surface area contributed by atoms with Crippen molar-refractivity contribution in [2.75, 3.05) is 20.2 Å². The summed E-state index contributed by atoms with van der Waals surface area (Å²) in [5.74, 6) is 0. The highest BCUT2D eigenvalue weighted by atomic mass is 16.6. The lowest BCUT2D eigenvalue weighted by molar-refractivity contribution is -0.114. The monoisotopic (exact) mass is 325 g/mol. The molecular formula is C17H32BNO4. The predicted octanol–water partition coefficient (Wildman–Crippen LogP) is 3.08. The lowest BCUT2D eigenvalue weighted by Gasteiger charge is -2.41. The first-order valence-electron chi connectivity index (χ1n) is 8.23. The van der Waals surface area contributed by atoms with Gasteiger partial charge in [-0.05, 0) is 54.9 Å². The SMILES string of the molecule is COC(C)(C)C(C)(C)OBC1=CCN(C(=O)OC(C)(C)C)CC1. The molecule has 0 aromatic heterocycles. The molecule has 1 heterocycles. The molecule has 1 amide bonds. The average molecular weight is 325 g/mol. The van der Waals surface area contributed by atoms with Gasteiger partial charge in [0.15, 0.2) is 0 Å². The fraction of sp³-hybridized carbons (Fsp3) is 0.824. The minimum Gasteiger partial charge on any atom is -0.444 e. The van der Waals surface area contributed by atoms with E-state index < -0.39 is 11.2 Å². The first-order chi connectivity index (χ1) is 10.4. The largest absolute Gasteiger partial charge is 0.444 e. The smallest absolute Gasteiger partial charge is 0.410 e. The first-order valence-corrected chi connectivity index (χ1v) is 8.23. The van der Waals surface area contributed by atoms with Gasteiger partial charge in [-0.2, -0.15) is 0 Å². The highest BCUT2D eigenvalue weighted by Gasteiger charge is 2.38. The summed E-state index contributed by atoms with van der Waals surface area (Å²) in [5.41, 5.74) is -0.0138. The van der Waals surface area contributed by atoms with E-state index in [9.17, 15) is 4.79 Å². The molecule has 1 aliphatic rings. The van der Waals surface area contributed by atoms with Gasteiger partial charge in [0.05, 0.1) is 11.2 Å². The third-order valence-corrected chi connectivity index (χ3v) is 4.53. The van der Waals surface area contributed by atoms with Crippen molar-refractivity contribution in [3.8, 4) is 0 Å². The Labute approximate surface area is 141 Å². The molecule has 6 heteroatoms. The summed E-state index contributed by atoms with van der Waals surface area (Å²) in [6.07, 6.45) is 2.61. The number of amides is 1. The van der Waals surface area contributed by atoms with Crippen molar-refractivity contribution in [1.82, 2.24) is 4.90 Å². The van der Waals surface area contributed by atoms with Gasteiger partial charge in [0.1, 0.15) is 5.60 Å². The summed E-state index contributed by atoms with van der Waals surface area (Å²) in [5, 5.41) is 0. The molecule has 0 fully saturated rings. The van der Waals surface area contributed by atoms with Crippen LogP contribution in [-0.2, 0) is 14.1 Å². The van der Waals surface area contributed by atoms with E-state index in [-0.39, 0.29) is 11.7 Å². The minimum atomic E-state index is -0.458. The van der Waals surface area contributed by atoms with Crippen LogP contribution >= 0.6 is 0 Å². The second-order valence-corrected chi connectivity index (χ2v) is 8.05. The summed E-state index contributed by atoms with van der Waals surface area (Å²) in [4.78, 5) is 13.8. The Hall–Kier alpha value is -1.01. The van der Waals surface area contributed by atoms with Crippen molar-refractivity contribution in [2.24, 2.45) is 0 Å². The molecule has 1 aliphatic heterocycles. The van der Waals surface area contributed by atoms with Gasteiger partial charge in [-0.1, -0.05) is 11.5 Å². The molecule has 132 valence electrons. The van der Waals surface area contributed by atoms with Crippen molar-refractivity contribution in [1.29, 1.82) is 0 Å². The molecule has 0 saturated carbocycles. The zero-order chi connectivity index (χ0) is 17.9. The summed E-state index contributed by atoms with van der Waals surface area (Å²) in [6.45, 7) is 15.0. The maximum atomic E-state index is 12.0. The Kier molecular flexibility index (Phi) is 6.33. The number of rotatable bonds is 5. The van der Waals surface area contributed by atoms with Crippen LogP contribution in [0.3, 0.4) is 0 Å². The molecule has 0 saturated heterocycles. The van der Waals surface area contributed by atoms with Gasteiger partial charge in [0.2, 0.25) is 0 Å². The van der Waals surface area contributed by atoms with Crippen LogP contribution in [-0.4, -0.2) is 55.5 Å². The van der Waals surface area contributed by atoms with E-state index in [0.29, 0.717) is 20.6 Å². The predicted molar refractivity (Wildman–Crippen MR) is 93.9 cm³/mol. The van der Waals surface area contributed by atoms with Crippen molar-refractivity contribution in [2.45, 2.75) is 71.7 Å². The van der Waals surface area contributed by atoms with E-state index in [1.165, 1.54) is 5.47 Å². The minimum absolute atomic E-state index is 0.255. The van der Waals surface area contributed by atoms with E-state index >= 15 is 0 Å². The van der Waals surface area contributed by atoms with Crippen LogP contribution in [0.4, 0.5) is 4.79 Å². The van der Waals surface area contributed by atoms with E-state index in [4.69, 9.17) is 14.1 Å². The molecule has 0 atom stereocenters. The molecule has 1 rings (SSSR count). The Morgan fingerprint density at radius 3 is 2.17 bits per heavy atom. The molecule has 0 bridgehead atoms. The highest BCUT2D eigenvalue weighted by Crippen LogP contribution is 2.28. The van der Waals surface area contributed by atoms with Gasteiger partial charge in [-0.15, -0.1) is 0 Å². The fourth-order valence-electron chi connectivity index (χ4n) is 2.03. The molecule has 5 nitrogen and oxygen atoms in total. The molecule has 0 aromatic carbocycles. The van der Waals surface area contributed by atoms with Crippen LogP contribution in [0.25, 0.3) is 0 Å². The number of hydrogen-bond acceptors (Lipinski definition) is 4. The van der Waals surface area contributed by atoms with E-state index in [2.05, 4.69) is 6.08 Å². The van der Waals surface area contributed by atoms with Crippen LogP contribution in [0.15, 0.2) is 11.5 Å². The number of nitrogens with zero attached hydrogens (tertiary/aromatic N) is 1. The Balaban J connectivity index is 2.53. The lowest BCUT2D eigenvalue weighted by Crippen LogP contribution is -2.49. The molecule has 0 spiro atoms. The Morgan fingerprint density at radius 1 is 1.13 bits per heavy atom. The van der Waals surface area contributed by atoms with E-state index in [1.54, 1.807) is 12.0 Å². The maximum Gasteiger partial charge on any atom is 0.410 e. The molecule has 0 N–H and O–H groups in total. The highest BCUT2D eigenvalue weighted by molar-refractivity contribution is 6.38. The van der Waals surface area contributed by atoms with E-state index in [1.807, 2.05) is 48.5 Å². The van der Waals surface area contributed by atoms with Gasteiger partial charge in [-0.3, -0.25) is 0 Å². The van der Waals surface area contributed by atoms with Crippen molar-refractivity contribution in [3.63, 3.8) is 0 Å². The van der Waals surface area contributed by atoms with Crippen LogP contribution < -0.4 is 0 Å². The van der Waals surface area contributed by atoms with Gasteiger partial charge < -0.3 is 19.0 Å². The number of methoxy groups -OCH3 is 1. The van der Waals surface area contributed by atoms with Gasteiger partial charge in [0.25, 0.3) is 0 Å². The number of ether oxygens (including phenoxy) is 2. The molecule has 0 aromatic rings. The van der Waals surface area contributed by atoms with Crippen LogP contribution in [0.2, 0.25) is 0 Å². The molecule has 0 aliphatic carbocycles. The normalized spacial score (nSPS) is 16.9. The van der Waals surface area contributed by atoms with Gasteiger partial charge >= 0.3 is 13.6 Å². The number of hydrogen-bond donors (Lipinski definition) is 0. The van der Waals surface area contributed by atoms with Crippen molar-refractivity contribution in [3.05, 3.63) is 11.5 Å². The van der Waals surface area contributed by atoms with Crippen LogP contribution in [0.1, 0.15) is 54.9 Å². The fourth-order valence-corrected chi connectivity index (χ4v) is 2.03. The van der Waals surface area contributed by atoms with Crippen LogP contribution in [0.5, 0.6) is 0 Å². The Morgan fingerprint density at radius 2 is 1.74 bits per heavy atom. The standard InChI is InChI=1S/C17H32BNO4/c1-15(2,3)22-14(20)19-11-9-13(10-12-19)18-23-17(6,7)16(4,5)21-8/h9,18H,10-12H2,1-8H3. The van der Waals surface area contributed by atoms with Gasteiger partial charge in [0, 0.05) is 20.2 Å². The van der Waals surface area contributed by atoms with Crippen molar-refractivity contribution >= 4 is 13.6 Å². The number of carbonyl (C=O) groups is 1. The Bertz CT molecular complexity index is 452. The quantitative estimate of drug-likeness (QED) is 0.729. The molecule has 0 unspecified atom stereocenters. The molecule has 0 radical (unpaired) electrons. The maximum absolute atomic E-state index is 12.0. The zero-order valence-electron chi connectivity index (χ0n) is 16.0. The third-order valence-electron chi connectivity index (χ3n) is 4.53. The van der Waals surface area contributed by atoms with Crippen molar-refractivity contribution < 1.29 is 18.9 Å². The summed E-state index contributed by atoms with van der Waals surface area (Å²) in [7, 11) is 2.26. The third kappa shape index (κ3) is 5.85. The molecule has 23 heavy (non-hydrogen) atoms. The zero-order valence-corrected chi connectivity index (χ0v) is 16.0. The van der Waals surface area contributed by atoms with E-state index in [0.717, 1.165) is 6.42 Å². The summed E-state index contributed by atoms with van der Waals surface area (Å²) in [6, 6.07) is 0. The number of carbonyl (C=O) groups excluding carboxylic acids is 1. The second-order valence-electron chi connectivity index (χ2n) is 8.05. The molecular weight excluding hydrogens is 293 g/mol. The topological polar surface area (TPSA) is 48.0 Å². The average Bonchev–Trinajstić information content (AvgIpc) is 2.43. The van der Waals surface area contributed by atoms with Crippen LogP contribution in [0, 0.1) is 0 Å². The first kappa shape index (κ1) is 20.0. The lowest BCUT2D eigenvalue weighted by atomic mass is 9.79. The summed E-state index contributed by atoms with van der Waals surface area (Å²) >= 11 is 0. The second kappa shape index (κ2) is 7.26. The van der Waals surface area contributed by atoms with Gasteiger partial charge in [-0.25, -0.2) is 4.79 Å². The summed E-state index contributed by atoms with van der Waals surface area (Å²) < 4.78 is 17.0.